The molecule has 0 amide bonds. The third-order valence-electron chi connectivity index (χ3n) is 2.57. The molecule has 0 bridgehead atoms. The Morgan fingerprint density at radius 1 is 1.32 bits per heavy atom. The highest BCUT2D eigenvalue weighted by molar-refractivity contribution is 5.95. The van der Waals surface area contributed by atoms with E-state index in [1.807, 2.05) is 38.1 Å². The van der Waals surface area contributed by atoms with Gasteiger partial charge in [0.1, 0.15) is 5.75 Å². The molecule has 0 aliphatic heterocycles. The number of hydrogen-bond acceptors (Lipinski definition) is 3. The molecule has 0 fully saturated rings. The molecule has 4 heteroatoms. The van der Waals surface area contributed by atoms with Gasteiger partial charge in [-0.3, -0.25) is 4.98 Å². The lowest BCUT2D eigenvalue weighted by Crippen LogP contribution is -2.05. The van der Waals surface area contributed by atoms with E-state index in [-0.39, 0.29) is 11.7 Å². The summed E-state index contributed by atoms with van der Waals surface area (Å²) in [5, 5.41) is 9.18. The van der Waals surface area contributed by atoms with Gasteiger partial charge in [0.15, 0.2) is 0 Å². The predicted molar refractivity (Wildman–Crippen MR) is 72.4 cm³/mol. The Bertz CT molecular complexity index is 593. The van der Waals surface area contributed by atoms with E-state index >= 15 is 0 Å². The first-order chi connectivity index (χ1) is 9.08. The molecular formula is C15H15NO3. The van der Waals surface area contributed by atoms with Crippen molar-refractivity contribution in [2.45, 2.75) is 20.0 Å². The second-order valence-electron chi connectivity index (χ2n) is 4.42. The summed E-state index contributed by atoms with van der Waals surface area (Å²) in [5.41, 5.74) is 1.60. The SMILES string of the molecule is CC(C)Oc1cccc(-c2cnccc2C(=O)O)c1. The van der Waals surface area contributed by atoms with E-state index in [0.29, 0.717) is 11.3 Å². The van der Waals surface area contributed by atoms with Gasteiger partial charge in [-0.2, -0.15) is 0 Å². The number of hydrogen-bond donors (Lipinski definition) is 1. The monoisotopic (exact) mass is 257 g/mol. The van der Waals surface area contributed by atoms with Crippen molar-refractivity contribution in [2.24, 2.45) is 0 Å². The van der Waals surface area contributed by atoms with E-state index < -0.39 is 5.97 Å². The van der Waals surface area contributed by atoms with Gasteiger partial charge in [0.2, 0.25) is 0 Å². The zero-order chi connectivity index (χ0) is 13.8. The van der Waals surface area contributed by atoms with Gasteiger partial charge >= 0.3 is 5.97 Å². The van der Waals surface area contributed by atoms with E-state index in [1.165, 1.54) is 12.3 Å². The van der Waals surface area contributed by atoms with Gasteiger partial charge in [-0.25, -0.2) is 4.79 Å². The first-order valence-corrected chi connectivity index (χ1v) is 6.02. The third kappa shape index (κ3) is 3.10. The van der Waals surface area contributed by atoms with Gasteiger partial charge in [-0.1, -0.05) is 12.1 Å². The van der Waals surface area contributed by atoms with Crippen molar-refractivity contribution in [2.75, 3.05) is 0 Å². The molecule has 1 aromatic heterocycles. The third-order valence-corrected chi connectivity index (χ3v) is 2.57. The molecule has 2 rings (SSSR count). The average molecular weight is 257 g/mol. The average Bonchev–Trinajstić information content (AvgIpc) is 2.38. The number of benzene rings is 1. The number of carboxylic acid groups (broad SMARTS) is 1. The van der Waals surface area contributed by atoms with Crippen LogP contribution >= 0.6 is 0 Å². The zero-order valence-corrected chi connectivity index (χ0v) is 10.8. The summed E-state index contributed by atoms with van der Waals surface area (Å²) in [7, 11) is 0. The van der Waals surface area contributed by atoms with Crippen LogP contribution in [0.15, 0.2) is 42.7 Å². The fraction of sp³-hybridized carbons (Fsp3) is 0.200. The Balaban J connectivity index is 2.44. The number of nitrogens with zero attached hydrogens (tertiary/aromatic N) is 1. The van der Waals surface area contributed by atoms with Crippen LogP contribution in [0, 0.1) is 0 Å². The number of aromatic nitrogens is 1. The maximum Gasteiger partial charge on any atom is 0.336 e. The summed E-state index contributed by atoms with van der Waals surface area (Å²) in [6.07, 6.45) is 3.10. The highest BCUT2D eigenvalue weighted by Crippen LogP contribution is 2.26. The van der Waals surface area contributed by atoms with E-state index in [4.69, 9.17) is 4.74 Å². The Labute approximate surface area is 111 Å². The molecular weight excluding hydrogens is 242 g/mol. The Morgan fingerprint density at radius 2 is 2.11 bits per heavy atom. The van der Waals surface area contributed by atoms with Crippen LogP contribution in [0.3, 0.4) is 0 Å². The molecule has 0 aliphatic rings. The minimum absolute atomic E-state index is 0.0723. The standard InChI is InChI=1S/C15H15NO3/c1-10(2)19-12-5-3-4-11(8-12)14-9-16-7-6-13(14)15(17)18/h3-10H,1-2H3,(H,17,18). The molecule has 1 heterocycles. The topological polar surface area (TPSA) is 59.4 Å². The molecule has 2 aromatic rings. The number of rotatable bonds is 4. The van der Waals surface area contributed by atoms with Gasteiger partial charge in [-0.05, 0) is 37.6 Å². The molecule has 1 N–H and O–H groups in total. The number of aromatic carboxylic acids is 1. The second kappa shape index (κ2) is 5.52. The lowest BCUT2D eigenvalue weighted by Gasteiger charge is -2.11. The number of carbonyl (C=O) groups is 1. The zero-order valence-electron chi connectivity index (χ0n) is 10.8. The Kier molecular flexibility index (Phi) is 3.80. The summed E-state index contributed by atoms with van der Waals surface area (Å²) in [4.78, 5) is 15.2. The van der Waals surface area contributed by atoms with Gasteiger partial charge in [0.05, 0.1) is 11.7 Å². The van der Waals surface area contributed by atoms with Gasteiger partial charge in [0.25, 0.3) is 0 Å². The van der Waals surface area contributed by atoms with Crippen molar-refractivity contribution in [3.05, 3.63) is 48.3 Å². The quantitative estimate of drug-likeness (QED) is 0.913. The van der Waals surface area contributed by atoms with Crippen LogP contribution in [-0.4, -0.2) is 22.2 Å². The van der Waals surface area contributed by atoms with Crippen molar-refractivity contribution >= 4 is 5.97 Å². The molecule has 0 saturated heterocycles. The van der Waals surface area contributed by atoms with E-state index in [9.17, 15) is 9.90 Å². The van der Waals surface area contributed by atoms with E-state index in [2.05, 4.69) is 4.98 Å². The van der Waals surface area contributed by atoms with Crippen LogP contribution in [0.5, 0.6) is 5.75 Å². The van der Waals surface area contributed by atoms with Crippen molar-refractivity contribution < 1.29 is 14.6 Å². The summed E-state index contributed by atoms with van der Waals surface area (Å²) in [5.74, 6) is -0.250. The van der Waals surface area contributed by atoms with Crippen LogP contribution < -0.4 is 4.74 Å². The van der Waals surface area contributed by atoms with Crippen molar-refractivity contribution in [3.8, 4) is 16.9 Å². The first kappa shape index (κ1) is 13.1. The predicted octanol–water partition coefficient (Wildman–Crippen LogP) is 3.23. The molecule has 0 atom stereocenters. The minimum Gasteiger partial charge on any atom is -0.491 e. The summed E-state index contributed by atoms with van der Waals surface area (Å²) >= 11 is 0. The molecule has 0 aliphatic carbocycles. The van der Waals surface area contributed by atoms with Crippen molar-refractivity contribution in [1.82, 2.24) is 4.98 Å². The fourth-order valence-electron chi connectivity index (χ4n) is 1.82. The molecule has 1 aromatic carbocycles. The highest BCUT2D eigenvalue weighted by atomic mass is 16.5. The normalized spacial score (nSPS) is 10.5. The Morgan fingerprint density at radius 3 is 2.79 bits per heavy atom. The lowest BCUT2D eigenvalue weighted by atomic mass is 10.0. The van der Waals surface area contributed by atoms with Crippen LogP contribution in [0.2, 0.25) is 0 Å². The largest absolute Gasteiger partial charge is 0.491 e. The summed E-state index contributed by atoms with van der Waals surface area (Å²) in [6.45, 7) is 3.89. The Hall–Kier alpha value is -2.36. The summed E-state index contributed by atoms with van der Waals surface area (Å²) in [6, 6.07) is 8.85. The van der Waals surface area contributed by atoms with Gasteiger partial charge in [-0.15, -0.1) is 0 Å². The molecule has 0 saturated carbocycles. The van der Waals surface area contributed by atoms with Crippen LogP contribution in [0.1, 0.15) is 24.2 Å². The molecule has 0 radical (unpaired) electrons. The highest BCUT2D eigenvalue weighted by Gasteiger charge is 2.12. The van der Waals surface area contributed by atoms with E-state index in [0.717, 1.165) is 5.56 Å². The van der Waals surface area contributed by atoms with E-state index in [1.54, 1.807) is 6.20 Å². The maximum absolute atomic E-state index is 11.2. The van der Waals surface area contributed by atoms with Gasteiger partial charge < -0.3 is 9.84 Å². The second-order valence-corrected chi connectivity index (χ2v) is 4.42. The number of carboxylic acids is 1. The lowest BCUT2D eigenvalue weighted by molar-refractivity contribution is 0.0697. The molecule has 4 nitrogen and oxygen atoms in total. The molecule has 0 unspecified atom stereocenters. The van der Waals surface area contributed by atoms with Crippen LogP contribution in [0.25, 0.3) is 11.1 Å². The number of ether oxygens (including phenoxy) is 1. The minimum atomic E-state index is -0.965. The molecule has 19 heavy (non-hydrogen) atoms. The molecule has 0 spiro atoms. The van der Waals surface area contributed by atoms with Crippen LogP contribution in [0.4, 0.5) is 0 Å². The smallest absolute Gasteiger partial charge is 0.336 e. The van der Waals surface area contributed by atoms with Crippen molar-refractivity contribution in [1.29, 1.82) is 0 Å². The van der Waals surface area contributed by atoms with Crippen molar-refractivity contribution in [3.63, 3.8) is 0 Å². The fourth-order valence-corrected chi connectivity index (χ4v) is 1.82. The summed E-state index contributed by atoms with van der Waals surface area (Å²) < 4.78 is 5.61. The number of pyridine rings is 1. The van der Waals surface area contributed by atoms with Gasteiger partial charge in [0, 0.05) is 18.0 Å². The van der Waals surface area contributed by atoms with Crippen LogP contribution in [-0.2, 0) is 0 Å². The molecule has 98 valence electrons. The maximum atomic E-state index is 11.2. The first-order valence-electron chi connectivity index (χ1n) is 6.02.